The maximum Gasteiger partial charge on any atom is 0.191 e. The van der Waals surface area contributed by atoms with Crippen molar-refractivity contribution in [2.75, 3.05) is 26.7 Å². The summed E-state index contributed by atoms with van der Waals surface area (Å²) in [6.07, 6.45) is 0.0432. The largest absolute Gasteiger partial charge is 0.489 e. The minimum absolute atomic E-state index is 0.0432. The highest BCUT2D eigenvalue weighted by atomic mass is 16.5. The molecule has 0 fully saturated rings. The predicted molar refractivity (Wildman–Crippen MR) is 91.6 cm³/mol. The SMILES string of the molecule is CCNC(=NCC(C)(C)OC)NCC(C)Oc1ccccc1. The van der Waals surface area contributed by atoms with Gasteiger partial charge in [0, 0.05) is 13.7 Å². The van der Waals surface area contributed by atoms with Crippen molar-refractivity contribution in [1.29, 1.82) is 0 Å². The van der Waals surface area contributed by atoms with Crippen LogP contribution in [-0.4, -0.2) is 44.4 Å². The van der Waals surface area contributed by atoms with Crippen LogP contribution in [-0.2, 0) is 4.74 Å². The zero-order chi connectivity index (χ0) is 16.4. The van der Waals surface area contributed by atoms with Gasteiger partial charge < -0.3 is 20.1 Å². The first-order chi connectivity index (χ1) is 10.5. The highest BCUT2D eigenvalue weighted by molar-refractivity contribution is 5.79. The van der Waals surface area contributed by atoms with Crippen molar-refractivity contribution in [3.05, 3.63) is 30.3 Å². The Balaban J connectivity index is 2.48. The van der Waals surface area contributed by atoms with E-state index in [-0.39, 0.29) is 11.7 Å². The Labute approximate surface area is 134 Å². The number of guanidine groups is 1. The normalized spacial score (nSPS) is 13.6. The third-order valence-corrected chi connectivity index (χ3v) is 3.15. The molecule has 22 heavy (non-hydrogen) atoms. The summed E-state index contributed by atoms with van der Waals surface area (Å²) in [6, 6.07) is 9.82. The lowest BCUT2D eigenvalue weighted by atomic mass is 10.1. The maximum absolute atomic E-state index is 5.84. The maximum atomic E-state index is 5.84. The number of hydrogen-bond donors (Lipinski definition) is 2. The minimum atomic E-state index is -0.269. The summed E-state index contributed by atoms with van der Waals surface area (Å²) in [5.41, 5.74) is -0.269. The van der Waals surface area contributed by atoms with Crippen LogP contribution < -0.4 is 15.4 Å². The van der Waals surface area contributed by atoms with E-state index >= 15 is 0 Å². The lowest BCUT2D eigenvalue weighted by molar-refractivity contribution is 0.0310. The van der Waals surface area contributed by atoms with Crippen molar-refractivity contribution in [1.82, 2.24) is 10.6 Å². The number of methoxy groups -OCH3 is 1. The van der Waals surface area contributed by atoms with E-state index in [2.05, 4.69) is 15.6 Å². The molecule has 5 heteroatoms. The fourth-order valence-corrected chi connectivity index (χ4v) is 1.69. The molecule has 0 aromatic heterocycles. The van der Waals surface area contributed by atoms with Crippen molar-refractivity contribution in [2.24, 2.45) is 4.99 Å². The summed E-state index contributed by atoms with van der Waals surface area (Å²) in [4.78, 5) is 4.55. The standard InChI is InChI=1S/C17H29N3O2/c1-6-18-16(20-13-17(3,4)21-5)19-12-14(2)22-15-10-8-7-9-11-15/h7-11,14H,6,12-13H2,1-5H3,(H2,18,19,20). The molecule has 1 aromatic rings. The van der Waals surface area contributed by atoms with Gasteiger partial charge in [-0.15, -0.1) is 0 Å². The minimum Gasteiger partial charge on any atom is -0.489 e. The topological polar surface area (TPSA) is 54.9 Å². The fourth-order valence-electron chi connectivity index (χ4n) is 1.69. The van der Waals surface area contributed by atoms with E-state index in [0.29, 0.717) is 13.1 Å². The fraction of sp³-hybridized carbons (Fsp3) is 0.588. The second-order valence-corrected chi connectivity index (χ2v) is 5.78. The molecule has 1 unspecified atom stereocenters. The molecular formula is C17H29N3O2. The van der Waals surface area contributed by atoms with Gasteiger partial charge in [-0.2, -0.15) is 0 Å². The number of para-hydroxylation sites is 1. The van der Waals surface area contributed by atoms with E-state index in [9.17, 15) is 0 Å². The van der Waals surface area contributed by atoms with E-state index in [1.54, 1.807) is 7.11 Å². The number of nitrogens with zero attached hydrogens (tertiary/aromatic N) is 1. The number of ether oxygens (including phenoxy) is 2. The van der Waals surface area contributed by atoms with Crippen molar-refractivity contribution < 1.29 is 9.47 Å². The summed E-state index contributed by atoms with van der Waals surface area (Å²) in [5.74, 6) is 1.65. The second kappa shape index (κ2) is 9.30. The summed E-state index contributed by atoms with van der Waals surface area (Å²) in [5, 5.41) is 6.52. The number of benzene rings is 1. The van der Waals surface area contributed by atoms with Crippen molar-refractivity contribution in [3.63, 3.8) is 0 Å². The van der Waals surface area contributed by atoms with Gasteiger partial charge in [0.1, 0.15) is 11.9 Å². The van der Waals surface area contributed by atoms with E-state index in [4.69, 9.17) is 9.47 Å². The van der Waals surface area contributed by atoms with Gasteiger partial charge in [-0.1, -0.05) is 18.2 Å². The molecule has 0 aliphatic heterocycles. The highest BCUT2D eigenvalue weighted by Gasteiger charge is 2.16. The quantitative estimate of drug-likeness (QED) is 0.572. The molecule has 0 amide bonds. The van der Waals surface area contributed by atoms with Gasteiger partial charge in [-0.25, -0.2) is 0 Å². The molecule has 0 spiro atoms. The predicted octanol–water partition coefficient (Wildman–Crippen LogP) is 2.43. The molecule has 1 aromatic carbocycles. The van der Waals surface area contributed by atoms with Gasteiger partial charge >= 0.3 is 0 Å². The van der Waals surface area contributed by atoms with Gasteiger partial charge in [0.25, 0.3) is 0 Å². The van der Waals surface area contributed by atoms with E-state index < -0.39 is 0 Å². The average molecular weight is 307 g/mol. The third-order valence-electron chi connectivity index (χ3n) is 3.15. The number of aliphatic imine (C=N–C) groups is 1. The Morgan fingerprint density at radius 3 is 2.50 bits per heavy atom. The molecule has 0 aliphatic carbocycles. The van der Waals surface area contributed by atoms with Gasteiger partial charge in [-0.05, 0) is 39.8 Å². The molecule has 1 rings (SSSR count). The van der Waals surface area contributed by atoms with E-state index in [1.165, 1.54) is 0 Å². The van der Waals surface area contributed by atoms with E-state index in [1.807, 2.05) is 58.0 Å². The van der Waals surface area contributed by atoms with Crippen LogP contribution in [0.2, 0.25) is 0 Å². The summed E-state index contributed by atoms with van der Waals surface area (Å²) < 4.78 is 11.2. The van der Waals surface area contributed by atoms with Gasteiger partial charge in [-0.3, -0.25) is 4.99 Å². The Kier molecular flexibility index (Phi) is 7.74. The molecule has 1 atom stereocenters. The summed E-state index contributed by atoms with van der Waals surface area (Å²) >= 11 is 0. The Bertz CT molecular complexity index is 446. The van der Waals surface area contributed by atoms with Crippen LogP contribution in [0.1, 0.15) is 27.7 Å². The first-order valence-corrected chi connectivity index (χ1v) is 7.76. The Morgan fingerprint density at radius 1 is 1.23 bits per heavy atom. The first-order valence-electron chi connectivity index (χ1n) is 7.76. The molecule has 124 valence electrons. The molecule has 2 N–H and O–H groups in total. The Hall–Kier alpha value is -1.75. The molecule has 0 heterocycles. The number of hydrogen-bond acceptors (Lipinski definition) is 3. The molecule has 0 bridgehead atoms. The number of rotatable bonds is 8. The summed E-state index contributed by atoms with van der Waals surface area (Å²) in [7, 11) is 1.70. The average Bonchev–Trinajstić information content (AvgIpc) is 2.51. The molecule has 5 nitrogen and oxygen atoms in total. The van der Waals surface area contributed by atoms with Crippen LogP contribution >= 0.6 is 0 Å². The van der Waals surface area contributed by atoms with Crippen LogP contribution in [0.15, 0.2) is 35.3 Å². The van der Waals surface area contributed by atoms with Crippen molar-refractivity contribution in [3.8, 4) is 5.75 Å². The van der Waals surface area contributed by atoms with Crippen molar-refractivity contribution >= 4 is 5.96 Å². The molecular weight excluding hydrogens is 278 g/mol. The second-order valence-electron chi connectivity index (χ2n) is 5.78. The van der Waals surface area contributed by atoms with Crippen LogP contribution in [0.3, 0.4) is 0 Å². The van der Waals surface area contributed by atoms with Gasteiger partial charge in [0.2, 0.25) is 0 Å². The first kappa shape index (κ1) is 18.3. The molecule has 0 radical (unpaired) electrons. The van der Waals surface area contributed by atoms with Crippen LogP contribution in [0, 0.1) is 0 Å². The lowest BCUT2D eigenvalue weighted by Crippen LogP contribution is -2.42. The highest BCUT2D eigenvalue weighted by Crippen LogP contribution is 2.10. The zero-order valence-corrected chi connectivity index (χ0v) is 14.3. The lowest BCUT2D eigenvalue weighted by Gasteiger charge is -2.22. The molecule has 0 aliphatic rings. The Morgan fingerprint density at radius 2 is 1.91 bits per heavy atom. The van der Waals surface area contributed by atoms with Crippen LogP contribution in [0.5, 0.6) is 5.75 Å². The van der Waals surface area contributed by atoms with Crippen molar-refractivity contribution in [2.45, 2.75) is 39.4 Å². The van der Waals surface area contributed by atoms with E-state index in [0.717, 1.165) is 18.3 Å². The molecule has 0 saturated heterocycles. The smallest absolute Gasteiger partial charge is 0.191 e. The third kappa shape index (κ3) is 7.31. The zero-order valence-electron chi connectivity index (χ0n) is 14.3. The molecule has 0 saturated carbocycles. The van der Waals surface area contributed by atoms with Gasteiger partial charge in [0.15, 0.2) is 5.96 Å². The monoisotopic (exact) mass is 307 g/mol. The summed E-state index contributed by atoms with van der Waals surface area (Å²) in [6.45, 7) is 10.2. The van der Waals surface area contributed by atoms with Gasteiger partial charge in [0.05, 0.1) is 18.7 Å². The van der Waals surface area contributed by atoms with Crippen LogP contribution in [0.4, 0.5) is 0 Å². The number of nitrogens with one attached hydrogen (secondary N) is 2. The van der Waals surface area contributed by atoms with Crippen LogP contribution in [0.25, 0.3) is 0 Å².